The number of hydrogen-bond donors (Lipinski definition) is 0. The zero-order valence-electron chi connectivity index (χ0n) is 6.58. The Morgan fingerprint density at radius 3 is 2.64 bits per heavy atom. The van der Waals surface area contributed by atoms with E-state index in [4.69, 9.17) is 4.74 Å². The number of likely N-dealkylation sites (tertiary alicyclic amines) is 1. The van der Waals surface area contributed by atoms with Gasteiger partial charge in [0.25, 0.3) is 0 Å². The summed E-state index contributed by atoms with van der Waals surface area (Å²) in [5, 5.41) is 0. The molecule has 11 heavy (non-hydrogen) atoms. The molecule has 0 saturated carbocycles. The van der Waals surface area contributed by atoms with Crippen LogP contribution >= 0.6 is 0 Å². The third kappa shape index (κ3) is 1.19. The first-order valence-corrected chi connectivity index (χ1v) is 4.08. The van der Waals surface area contributed by atoms with Gasteiger partial charge in [0, 0.05) is 31.5 Å². The molecule has 62 valence electrons. The standard InChI is InChI=1S/C8H13NO2/c10-3-1-2-9-4-8(5-9)6-11-7-8/h3H,1-2,4-7H2. The van der Waals surface area contributed by atoms with E-state index >= 15 is 0 Å². The Morgan fingerprint density at radius 1 is 1.45 bits per heavy atom. The molecule has 0 bridgehead atoms. The molecule has 3 nitrogen and oxygen atoms in total. The van der Waals surface area contributed by atoms with Gasteiger partial charge in [-0.05, 0) is 0 Å². The first-order chi connectivity index (χ1) is 5.35. The molecule has 0 aromatic carbocycles. The van der Waals surface area contributed by atoms with E-state index in [1.165, 1.54) is 0 Å². The van der Waals surface area contributed by atoms with Gasteiger partial charge >= 0.3 is 0 Å². The van der Waals surface area contributed by atoms with E-state index in [2.05, 4.69) is 4.90 Å². The second-order valence-corrected chi connectivity index (χ2v) is 3.66. The zero-order chi connectivity index (χ0) is 7.73. The van der Waals surface area contributed by atoms with Crippen LogP contribution in [0.5, 0.6) is 0 Å². The van der Waals surface area contributed by atoms with Gasteiger partial charge in [-0.25, -0.2) is 0 Å². The van der Waals surface area contributed by atoms with Gasteiger partial charge in [0.2, 0.25) is 0 Å². The molecular formula is C8H13NO2. The number of hydrogen-bond acceptors (Lipinski definition) is 3. The van der Waals surface area contributed by atoms with Gasteiger partial charge in [0.1, 0.15) is 6.29 Å². The lowest BCUT2D eigenvalue weighted by molar-refractivity contribution is -0.188. The minimum Gasteiger partial charge on any atom is -0.380 e. The van der Waals surface area contributed by atoms with Gasteiger partial charge in [-0.2, -0.15) is 0 Å². The van der Waals surface area contributed by atoms with Crippen LogP contribution < -0.4 is 0 Å². The normalized spacial score (nSPS) is 27.6. The van der Waals surface area contributed by atoms with E-state index < -0.39 is 0 Å². The number of ether oxygens (including phenoxy) is 1. The van der Waals surface area contributed by atoms with Crippen molar-refractivity contribution in [2.24, 2.45) is 5.41 Å². The molecule has 3 heteroatoms. The summed E-state index contributed by atoms with van der Waals surface area (Å²) in [7, 11) is 0. The maximum Gasteiger partial charge on any atom is 0.121 e. The minimum atomic E-state index is 0.503. The number of carbonyl (C=O) groups excluding carboxylic acids is 1. The number of aldehydes is 1. The quantitative estimate of drug-likeness (QED) is 0.533. The molecule has 2 aliphatic rings. The van der Waals surface area contributed by atoms with Gasteiger partial charge in [-0.1, -0.05) is 0 Å². The van der Waals surface area contributed by atoms with Crippen LogP contribution in [0.2, 0.25) is 0 Å². The smallest absolute Gasteiger partial charge is 0.121 e. The predicted molar refractivity (Wildman–Crippen MR) is 40.4 cm³/mol. The second-order valence-electron chi connectivity index (χ2n) is 3.66. The van der Waals surface area contributed by atoms with Crippen molar-refractivity contribution in [2.75, 3.05) is 32.8 Å². The summed E-state index contributed by atoms with van der Waals surface area (Å²) >= 11 is 0. The maximum absolute atomic E-state index is 10.0. The van der Waals surface area contributed by atoms with Gasteiger partial charge in [-0.15, -0.1) is 0 Å². The summed E-state index contributed by atoms with van der Waals surface area (Å²) in [6.45, 7) is 5.09. The zero-order valence-corrected chi connectivity index (χ0v) is 6.58. The van der Waals surface area contributed by atoms with Crippen molar-refractivity contribution >= 4 is 6.29 Å². The van der Waals surface area contributed by atoms with Gasteiger partial charge < -0.3 is 14.4 Å². The lowest BCUT2D eigenvalue weighted by Gasteiger charge is -2.55. The van der Waals surface area contributed by atoms with E-state index in [1.807, 2.05) is 0 Å². The third-order valence-electron chi connectivity index (χ3n) is 2.50. The fraction of sp³-hybridized carbons (Fsp3) is 0.875. The summed E-state index contributed by atoms with van der Waals surface area (Å²) in [5.41, 5.74) is 0.503. The molecule has 0 unspecified atom stereocenters. The van der Waals surface area contributed by atoms with Gasteiger partial charge in [-0.3, -0.25) is 0 Å². The molecule has 2 rings (SSSR count). The molecular weight excluding hydrogens is 142 g/mol. The van der Waals surface area contributed by atoms with Crippen LogP contribution in [0.1, 0.15) is 6.42 Å². The Balaban J connectivity index is 1.67. The number of nitrogens with zero attached hydrogens (tertiary/aromatic N) is 1. The Morgan fingerprint density at radius 2 is 2.18 bits per heavy atom. The van der Waals surface area contributed by atoms with Crippen LogP contribution in [0.15, 0.2) is 0 Å². The molecule has 2 fully saturated rings. The van der Waals surface area contributed by atoms with Crippen molar-refractivity contribution in [1.82, 2.24) is 4.90 Å². The summed E-state index contributed by atoms with van der Waals surface area (Å²) in [6.07, 6.45) is 1.67. The molecule has 0 amide bonds. The SMILES string of the molecule is O=CCCN1CC2(COC2)C1. The largest absolute Gasteiger partial charge is 0.380 e. The lowest BCUT2D eigenvalue weighted by atomic mass is 9.78. The van der Waals surface area contributed by atoms with Crippen molar-refractivity contribution < 1.29 is 9.53 Å². The molecule has 0 aliphatic carbocycles. The fourth-order valence-electron chi connectivity index (χ4n) is 1.87. The molecule has 2 aliphatic heterocycles. The van der Waals surface area contributed by atoms with E-state index in [0.717, 1.165) is 39.1 Å². The van der Waals surface area contributed by atoms with Crippen molar-refractivity contribution in [1.29, 1.82) is 0 Å². The van der Waals surface area contributed by atoms with Gasteiger partial charge in [0.05, 0.1) is 13.2 Å². The van der Waals surface area contributed by atoms with E-state index in [-0.39, 0.29) is 0 Å². The van der Waals surface area contributed by atoms with Crippen LogP contribution in [0.4, 0.5) is 0 Å². The topological polar surface area (TPSA) is 29.5 Å². The van der Waals surface area contributed by atoms with Crippen LogP contribution in [-0.4, -0.2) is 44.0 Å². The highest BCUT2D eigenvalue weighted by Crippen LogP contribution is 2.37. The Hall–Kier alpha value is -0.410. The summed E-state index contributed by atoms with van der Waals surface area (Å²) in [4.78, 5) is 12.4. The van der Waals surface area contributed by atoms with Crippen molar-refractivity contribution in [3.05, 3.63) is 0 Å². The van der Waals surface area contributed by atoms with E-state index in [0.29, 0.717) is 11.8 Å². The molecule has 2 heterocycles. The molecule has 1 spiro atoms. The highest BCUT2D eigenvalue weighted by atomic mass is 16.5. The summed E-state index contributed by atoms with van der Waals surface area (Å²) in [5.74, 6) is 0. The van der Waals surface area contributed by atoms with Crippen molar-refractivity contribution in [2.45, 2.75) is 6.42 Å². The second kappa shape index (κ2) is 2.57. The molecule has 0 radical (unpaired) electrons. The molecule has 2 saturated heterocycles. The third-order valence-corrected chi connectivity index (χ3v) is 2.50. The van der Waals surface area contributed by atoms with E-state index in [1.54, 1.807) is 0 Å². The molecule has 0 N–H and O–H groups in total. The van der Waals surface area contributed by atoms with Crippen LogP contribution in [0, 0.1) is 5.41 Å². The Labute approximate surface area is 66.3 Å². The van der Waals surface area contributed by atoms with Crippen molar-refractivity contribution in [3.8, 4) is 0 Å². The summed E-state index contributed by atoms with van der Waals surface area (Å²) in [6, 6.07) is 0. The first-order valence-electron chi connectivity index (χ1n) is 4.08. The number of carbonyl (C=O) groups is 1. The van der Waals surface area contributed by atoms with Gasteiger partial charge in [0.15, 0.2) is 0 Å². The number of rotatable bonds is 3. The average molecular weight is 155 g/mol. The highest BCUT2D eigenvalue weighted by molar-refractivity contribution is 5.49. The first kappa shape index (κ1) is 7.25. The Kier molecular flexibility index (Phi) is 1.69. The van der Waals surface area contributed by atoms with E-state index in [9.17, 15) is 4.79 Å². The Bertz CT molecular complexity index is 157. The fourth-order valence-corrected chi connectivity index (χ4v) is 1.87. The van der Waals surface area contributed by atoms with Crippen LogP contribution in [0.25, 0.3) is 0 Å². The van der Waals surface area contributed by atoms with Crippen molar-refractivity contribution in [3.63, 3.8) is 0 Å². The molecule has 0 aromatic rings. The summed E-state index contributed by atoms with van der Waals surface area (Å²) < 4.78 is 5.14. The molecule has 0 aromatic heterocycles. The highest BCUT2D eigenvalue weighted by Gasteiger charge is 2.48. The average Bonchev–Trinajstić information content (AvgIpc) is 1.81. The molecule has 0 atom stereocenters. The van der Waals surface area contributed by atoms with Crippen LogP contribution in [-0.2, 0) is 9.53 Å². The maximum atomic E-state index is 10.0. The lowest BCUT2D eigenvalue weighted by Crippen LogP contribution is -2.65. The monoisotopic (exact) mass is 155 g/mol. The minimum absolute atomic E-state index is 0.503. The van der Waals surface area contributed by atoms with Crippen LogP contribution in [0.3, 0.4) is 0 Å². The predicted octanol–water partition coefficient (Wildman–Crippen LogP) is -0.0924.